The first-order valence-corrected chi connectivity index (χ1v) is 9.69. The van der Waals surface area contributed by atoms with Crippen LogP contribution in [0.25, 0.3) is 5.69 Å². The van der Waals surface area contributed by atoms with Crippen molar-refractivity contribution in [2.24, 2.45) is 0 Å². The van der Waals surface area contributed by atoms with Crippen molar-refractivity contribution in [2.45, 2.75) is 26.5 Å². The Bertz CT molecular complexity index is 1130. The third-order valence-corrected chi connectivity index (χ3v) is 4.79. The number of ketones is 1. The van der Waals surface area contributed by atoms with Crippen molar-refractivity contribution in [3.63, 3.8) is 0 Å². The average Bonchev–Trinajstić information content (AvgIpc) is 3.04. The third kappa shape index (κ3) is 5.10. The van der Waals surface area contributed by atoms with Crippen LogP contribution in [0.15, 0.2) is 59.5 Å². The lowest BCUT2D eigenvalue weighted by molar-refractivity contribution is 0.0600. The molecule has 162 valence electrons. The van der Waals surface area contributed by atoms with Gasteiger partial charge in [0, 0.05) is 17.5 Å². The van der Waals surface area contributed by atoms with Crippen LogP contribution in [0.3, 0.4) is 0 Å². The molecule has 2 aromatic carbocycles. The molecule has 1 heterocycles. The van der Waals surface area contributed by atoms with E-state index in [9.17, 15) is 19.5 Å². The van der Waals surface area contributed by atoms with Gasteiger partial charge in [0.15, 0.2) is 5.78 Å². The van der Waals surface area contributed by atoms with Crippen molar-refractivity contribution in [1.82, 2.24) is 9.13 Å². The first-order chi connectivity index (χ1) is 14.8. The van der Waals surface area contributed by atoms with Gasteiger partial charge in [0.25, 0.3) is 0 Å². The zero-order valence-corrected chi connectivity index (χ0v) is 17.6. The van der Waals surface area contributed by atoms with Gasteiger partial charge in [0.1, 0.15) is 18.5 Å². The molecule has 8 nitrogen and oxygen atoms in total. The Morgan fingerprint density at radius 2 is 1.65 bits per heavy atom. The number of methoxy groups -OCH3 is 1. The standard InChI is InChI=1S/C23H24N2O6/c1-15-12-24(23(29)25(15)19-8-4-17(5-9-19)16(2)26)13-20(27)14-31-21-10-6-18(7-11-21)22(28)30-3/h4-12,20,27H,13-14H2,1-3H3/t20-/m1/s1. The molecule has 1 N–H and O–H groups in total. The second kappa shape index (κ2) is 9.44. The van der Waals surface area contributed by atoms with Gasteiger partial charge in [-0.15, -0.1) is 0 Å². The predicted octanol–water partition coefficient (Wildman–Crippen LogP) is 2.38. The quantitative estimate of drug-likeness (QED) is 0.440. The van der Waals surface area contributed by atoms with E-state index in [1.807, 2.05) is 0 Å². The van der Waals surface area contributed by atoms with Crippen LogP contribution in [0, 0.1) is 6.92 Å². The van der Waals surface area contributed by atoms with Crippen LogP contribution in [-0.4, -0.2) is 45.8 Å². The van der Waals surface area contributed by atoms with E-state index in [0.717, 1.165) is 0 Å². The number of esters is 1. The summed E-state index contributed by atoms with van der Waals surface area (Å²) in [6.45, 7) is 3.31. The summed E-state index contributed by atoms with van der Waals surface area (Å²) >= 11 is 0. The van der Waals surface area contributed by atoms with Gasteiger partial charge in [-0.25, -0.2) is 9.59 Å². The maximum atomic E-state index is 12.8. The molecule has 31 heavy (non-hydrogen) atoms. The minimum absolute atomic E-state index is 0.0262. The molecule has 0 unspecified atom stereocenters. The van der Waals surface area contributed by atoms with E-state index < -0.39 is 12.1 Å². The van der Waals surface area contributed by atoms with Gasteiger partial charge in [-0.1, -0.05) is 0 Å². The molecule has 0 fully saturated rings. The lowest BCUT2D eigenvalue weighted by Gasteiger charge is -2.13. The molecule has 0 spiro atoms. The number of imidazole rings is 1. The molecule has 3 aromatic rings. The van der Waals surface area contributed by atoms with Crippen LogP contribution in [0.1, 0.15) is 33.3 Å². The van der Waals surface area contributed by atoms with Crippen molar-refractivity contribution >= 4 is 11.8 Å². The number of hydrogen-bond donors (Lipinski definition) is 1. The highest BCUT2D eigenvalue weighted by Crippen LogP contribution is 2.14. The third-order valence-electron chi connectivity index (χ3n) is 4.79. The maximum Gasteiger partial charge on any atom is 0.337 e. The zero-order chi connectivity index (χ0) is 22.5. The van der Waals surface area contributed by atoms with Crippen LogP contribution in [0.5, 0.6) is 5.75 Å². The molecular weight excluding hydrogens is 400 g/mol. The SMILES string of the molecule is COC(=O)c1ccc(OC[C@H](O)Cn2cc(C)n(-c3ccc(C(C)=O)cc3)c2=O)cc1. The van der Waals surface area contributed by atoms with Crippen LogP contribution in [0.4, 0.5) is 0 Å². The van der Waals surface area contributed by atoms with E-state index in [1.165, 1.54) is 23.2 Å². The molecule has 0 aliphatic carbocycles. The van der Waals surface area contributed by atoms with Crippen molar-refractivity contribution in [3.8, 4) is 11.4 Å². The summed E-state index contributed by atoms with van der Waals surface area (Å²) in [5.74, 6) is -0.00335. The van der Waals surface area contributed by atoms with Crippen LogP contribution in [0.2, 0.25) is 0 Å². The number of aryl methyl sites for hydroxylation is 1. The van der Waals surface area contributed by atoms with E-state index in [1.54, 1.807) is 61.7 Å². The van der Waals surface area contributed by atoms with Crippen molar-refractivity contribution in [2.75, 3.05) is 13.7 Å². The Morgan fingerprint density at radius 1 is 1.03 bits per heavy atom. The lowest BCUT2D eigenvalue weighted by Crippen LogP contribution is -2.31. The molecule has 0 saturated carbocycles. The van der Waals surface area contributed by atoms with E-state index in [-0.39, 0.29) is 24.6 Å². The summed E-state index contributed by atoms with van der Waals surface area (Å²) < 4.78 is 13.1. The number of carbonyl (C=O) groups excluding carboxylic acids is 2. The van der Waals surface area contributed by atoms with Gasteiger partial charge in [-0.3, -0.25) is 13.9 Å². The van der Waals surface area contributed by atoms with Gasteiger partial charge in [0.05, 0.1) is 24.9 Å². The highest BCUT2D eigenvalue weighted by molar-refractivity contribution is 5.94. The Kier molecular flexibility index (Phi) is 6.71. The topological polar surface area (TPSA) is 99.8 Å². The Morgan fingerprint density at radius 3 is 2.23 bits per heavy atom. The van der Waals surface area contributed by atoms with E-state index in [4.69, 9.17) is 4.74 Å². The van der Waals surface area contributed by atoms with E-state index >= 15 is 0 Å². The number of aliphatic hydroxyl groups is 1. The van der Waals surface area contributed by atoms with Crippen LogP contribution >= 0.6 is 0 Å². The summed E-state index contributed by atoms with van der Waals surface area (Å²) in [6.07, 6.45) is 0.739. The number of aliphatic hydroxyl groups excluding tert-OH is 1. The molecular formula is C23H24N2O6. The Hall–Kier alpha value is -3.65. The van der Waals surface area contributed by atoms with E-state index in [0.29, 0.717) is 28.3 Å². The van der Waals surface area contributed by atoms with E-state index in [2.05, 4.69) is 4.74 Å². The average molecular weight is 424 g/mol. The number of ether oxygens (including phenoxy) is 2. The number of nitrogens with zero attached hydrogens (tertiary/aromatic N) is 2. The molecule has 0 aliphatic rings. The van der Waals surface area contributed by atoms with Crippen molar-refractivity contribution in [3.05, 3.63) is 82.0 Å². The smallest absolute Gasteiger partial charge is 0.337 e. The molecule has 0 bridgehead atoms. The van der Waals surface area contributed by atoms with Gasteiger partial charge in [-0.05, 0) is 62.4 Å². The maximum absolute atomic E-state index is 12.8. The summed E-state index contributed by atoms with van der Waals surface area (Å²) in [5.41, 5.74) is 2.01. The molecule has 0 amide bonds. The van der Waals surface area contributed by atoms with Crippen molar-refractivity contribution in [1.29, 1.82) is 0 Å². The van der Waals surface area contributed by atoms with Crippen LogP contribution in [-0.2, 0) is 11.3 Å². The molecule has 1 atom stereocenters. The highest BCUT2D eigenvalue weighted by atomic mass is 16.5. The van der Waals surface area contributed by atoms with Gasteiger partial charge in [0.2, 0.25) is 0 Å². The molecule has 1 aromatic heterocycles. The highest BCUT2D eigenvalue weighted by Gasteiger charge is 2.14. The minimum atomic E-state index is -0.923. The number of rotatable bonds is 8. The number of benzene rings is 2. The fourth-order valence-electron chi connectivity index (χ4n) is 3.19. The van der Waals surface area contributed by atoms with Gasteiger partial charge >= 0.3 is 11.7 Å². The number of aromatic nitrogens is 2. The first-order valence-electron chi connectivity index (χ1n) is 9.69. The zero-order valence-electron chi connectivity index (χ0n) is 17.6. The molecule has 8 heteroatoms. The van der Waals surface area contributed by atoms with Crippen LogP contribution < -0.4 is 10.4 Å². The summed E-state index contributed by atoms with van der Waals surface area (Å²) in [6, 6.07) is 13.1. The largest absolute Gasteiger partial charge is 0.491 e. The second-order valence-corrected chi connectivity index (χ2v) is 7.12. The second-order valence-electron chi connectivity index (χ2n) is 7.12. The summed E-state index contributed by atoms with van der Waals surface area (Å²) in [4.78, 5) is 35.7. The first kappa shape index (κ1) is 22.0. The monoisotopic (exact) mass is 424 g/mol. The van der Waals surface area contributed by atoms with Crippen molar-refractivity contribution < 1.29 is 24.2 Å². The molecule has 0 saturated heterocycles. The fraction of sp³-hybridized carbons (Fsp3) is 0.261. The number of Topliss-reactive ketones (excluding diaryl/α,β-unsaturated/α-hetero) is 1. The normalized spacial score (nSPS) is 11.7. The predicted molar refractivity (Wildman–Crippen MR) is 114 cm³/mol. The summed E-state index contributed by atoms with van der Waals surface area (Å²) in [7, 11) is 1.31. The fourth-order valence-corrected chi connectivity index (χ4v) is 3.19. The minimum Gasteiger partial charge on any atom is -0.491 e. The molecule has 0 radical (unpaired) electrons. The summed E-state index contributed by atoms with van der Waals surface area (Å²) in [5, 5.41) is 10.3. The lowest BCUT2D eigenvalue weighted by atomic mass is 10.1. The number of hydrogen-bond acceptors (Lipinski definition) is 6. The van der Waals surface area contributed by atoms with Gasteiger partial charge < -0.3 is 14.6 Å². The molecule has 3 rings (SSSR count). The molecule has 0 aliphatic heterocycles. The van der Waals surface area contributed by atoms with Gasteiger partial charge in [-0.2, -0.15) is 0 Å². The Labute approximate surface area is 179 Å². The number of carbonyl (C=O) groups is 2. The Balaban J connectivity index is 1.66.